The average molecular weight is 603 g/mol. The summed E-state index contributed by atoms with van der Waals surface area (Å²) in [5, 5.41) is -0.542. The highest BCUT2D eigenvalue weighted by Crippen LogP contribution is 2.53. The summed E-state index contributed by atoms with van der Waals surface area (Å²) in [6, 6.07) is 3.59. The van der Waals surface area contributed by atoms with Crippen LogP contribution in [0.5, 0.6) is 5.75 Å². The highest BCUT2D eigenvalue weighted by Gasteiger charge is 2.69. The maximum atomic E-state index is 15.4. The second-order valence-corrected chi connectivity index (χ2v) is 11.6. The largest absolute Gasteiger partial charge is 0.484 e. The third kappa shape index (κ3) is 6.22. The van der Waals surface area contributed by atoms with E-state index in [1.54, 1.807) is 0 Å². The number of rotatable bonds is 9. The molecule has 11 heteroatoms. The Morgan fingerprint density at radius 2 is 1.57 bits per heavy atom. The molecule has 1 aliphatic carbocycles. The van der Waals surface area contributed by atoms with Gasteiger partial charge < -0.3 is 18.9 Å². The molecule has 6 rings (SSSR count). The van der Waals surface area contributed by atoms with Gasteiger partial charge in [0.25, 0.3) is 0 Å². The molecule has 2 aromatic carbocycles. The highest BCUT2D eigenvalue weighted by atomic mass is 19.4. The summed E-state index contributed by atoms with van der Waals surface area (Å²) in [7, 11) is 0. The van der Waals surface area contributed by atoms with Crippen LogP contribution < -0.4 is 4.74 Å². The van der Waals surface area contributed by atoms with E-state index in [9.17, 15) is 22.0 Å². The van der Waals surface area contributed by atoms with Gasteiger partial charge in [-0.1, -0.05) is 57.8 Å². The van der Waals surface area contributed by atoms with E-state index in [2.05, 4.69) is 6.92 Å². The summed E-state index contributed by atoms with van der Waals surface area (Å²) >= 11 is 0. The van der Waals surface area contributed by atoms with Gasteiger partial charge in [-0.3, -0.25) is 0 Å². The first-order valence-electron chi connectivity index (χ1n) is 14.4. The summed E-state index contributed by atoms with van der Waals surface area (Å²) < 4.78 is 119. The van der Waals surface area contributed by atoms with Crippen molar-refractivity contribution < 1.29 is 49.7 Å². The summed E-state index contributed by atoms with van der Waals surface area (Å²) in [4.78, 5) is 0. The van der Waals surface area contributed by atoms with Crippen molar-refractivity contribution in [2.45, 2.75) is 83.0 Å². The lowest BCUT2D eigenvalue weighted by Crippen LogP contribution is -2.70. The second-order valence-electron chi connectivity index (χ2n) is 11.6. The van der Waals surface area contributed by atoms with E-state index in [-0.39, 0.29) is 36.5 Å². The number of unbranched alkanes of at least 4 members (excludes halogenated alkanes) is 3. The zero-order chi connectivity index (χ0) is 30.2. The smallest absolute Gasteiger partial charge is 0.426 e. The Bertz CT molecular complexity index is 1310. The molecule has 230 valence electrons. The van der Waals surface area contributed by atoms with Crippen LogP contribution in [0.1, 0.15) is 70.3 Å². The number of fused-ring (bicyclic) bond motifs is 4. The van der Waals surface area contributed by atoms with Crippen molar-refractivity contribution in [2.75, 3.05) is 19.8 Å². The predicted molar refractivity (Wildman–Crippen MR) is 140 cm³/mol. The molecular formula is C31H33F7O4. The van der Waals surface area contributed by atoms with Crippen LogP contribution in [0.15, 0.2) is 24.3 Å². The second kappa shape index (κ2) is 11.9. The lowest BCUT2D eigenvalue weighted by molar-refractivity contribution is -0.551. The lowest BCUT2D eigenvalue weighted by Gasteiger charge is -2.56. The van der Waals surface area contributed by atoms with E-state index in [4.69, 9.17) is 18.9 Å². The summed E-state index contributed by atoms with van der Waals surface area (Å²) in [5.74, 6) is -2.82. The molecule has 3 aliphatic heterocycles. The number of alkyl halides is 5. The fraction of sp³-hybridized carbons (Fsp3) is 0.613. The highest BCUT2D eigenvalue weighted by molar-refractivity contribution is 5.86. The maximum Gasteiger partial charge on any atom is 0.484 e. The SMILES string of the molecule is CCCCCCC1CCC(C23COC(C(F)(F)Oc4ccc5c(F)c(C#CC(F)(F)F)c(F)cc5c4)(OC2)OC3)CC1. The van der Waals surface area contributed by atoms with Gasteiger partial charge in [-0.05, 0) is 54.3 Å². The first kappa shape index (κ1) is 30.9. The molecule has 0 atom stereocenters. The van der Waals surface area contributed by atoms with Crippen molar-refractivity contribution in [1.82, 2.24) is 0 Å². The van der Waals surface area contributed by atoms with Gasteiger partial charge in [0, 0.05) is 16.7 Å². The van der Waals surface area contributed by atoms with Crippen LogP contribution >= 0.6 is 0 Å². The number of benzene rings is 2. The Balaban J connectivity index is 1.23. The molecule has 3 saturated heterocycles. The molecule has 0 radical (unpaired) electrons. The van der Waals surface area contributed by atoms with E-state index >= 15 is 8.78 Å². The minimum atomic E-state index is -4.95. The van der Waals surface area contributed by atoms with Gasteiger partial charge in [-0.25, -0.2) is 8.78 Å². The number of hydrogen-bond acceptors (Lipinski definition) is 4. The van der Waals surface area contributed by atoms with Crippen LogP contribution in [-0.2, 0) is 14.2 Å². The molecule has 0 amide bonds. The van der Waals surface area contributed by atoms with Crippen molar-refractivity contribution in [2.24, 2.45) is 17.3 Å². The first-order chi connectivity index (χ1) is 19.9. The van der Waals surface area contributed by atoms with Crippen LogP contribution in [-0.4, -0.2) is 38.1 Å². The van der Waals surface area contributed by atoms with Crippen molar-refractivity contribution in [3.63, 3.8) is 0 Å². The molecule has 4 nitrogen and oxygen atoms in total. The maximum absolute atomic E-state index is 15.4. The molecule has 3 heterocycles. The Hall–Kier alpha value is -2.55. The van der Waals surface area contributed by atoms with E-state index in [0.717, 1.165) is 49.8 Å². The molecule has 0 unspecified atom stereocenters. The van der Waals surface area contributed by atoms with Crippen molar-refractivity contribution in [3.8, 4) is 17.6 Å². The predicted octanol–water partition coefficient (Wildman–Crippen LogP) is 8.50. The van der Waals surface area contributed by atoms with Crippen molar-refractivity contribution in [3.05, 3.63) is 41.5 Å². The molecular weight excluding hydrogens is 569 g/mol. The van der Waals surface area contributed by atoms with Gasteiger partial charge in [0.15, 0.2) is 0 Å². The van der Waals surface area contributed by atoms with Gasteiger partial charge >= 0.3 is 18.3 Å². The summed E-state index contributed by atoms with van der Waals surface area (Å²) in [5.41, 5.74) is -1.60. The van der Waals surface area contributed by atoms with Crippen molar-refractivity contribution >= 4 is 10.8 Å². The zero-order valence-electron chi connectivity index (χ0n) is 23.2. The molecule has 0 spiro atoms. The minimum absolute atomic E-state index is 0.0215. The Morgan fingerprint density at radius 1 is 0.905 bits per heavy atom. The number of hydrogen-bond donors (Lipinski definition) is 0. The van der Waals surface area contributed by atoms with Crippen molar-refractivity contribution in [1.29, 1.82) is 0 Å². The quantitative estimate of drug-likeness (QED) is 0.164. The normalized spacial score (nSPS) is 28.0. The standard InChI is InChI=1S/C31H33F7O4/c1-2-3-4-5-6-20-7-9-22(10-8-20)28-17-39-31(40-18-28,41-19-28)30(37,38)42-23-11-12-24-21(15-23)16-26(32)25(27(24)33)13-14-29(34,35)36/h11-12,15-16,20,22H,2-10,17-19H2,1H3. The lowest BCUT2D eigenvalue weighted by atomic mass is 9.66. The van der Waals surface area contributed by atoms with Gasteiger partial charge in [0.2, 0.25) is 0 Å². The van der Waals surface area contributed by atoms with Crippen LogP contribution in [0.3, 0.4) is 0 Å². The molecule has 1 saturated carbocycles. The average Bonchev–Trinajstić information content (AvgIpc) is 2.95. The molecule has 0 N–H and O–H groups in total. The Morgan fingerprint density at radius 3 is 2.19 bits per heavy atom. The van der Waals surface area contributed by atoms with Crippen LogP contribution in [0.2, 0.25) is 0 Å². The third-order valence-electron chi connectivity index (χ3n) is 8.76. The van der Waals surface area contributed by atoms with Gasteiger partial charge in [0.05, 0.1) is 25.4 Å². The third-order valence-corrected chi connectivity index (χ3v) is 8.76. The van der Waals surface area contributed by atoms with Crippen LogP contribution in [0.4, 0.5) is 30.7 Å². The Kier molecular flexibility index (Phi) is 8.72. The fourth-order valence-electron chi connectivity index (χ4n) is 6.33. The van der Waals surface area contributed by atoms with Crippen LogP contribution in [0.25, 0.3) is 10.8 Å². The monoisotopic (exact) mass is 602 g/mol. The summed E-state index contributed by atoms with van der Waals surface area (Å²) in [6.45, 7) is 2.26. The van der Waals surface area contributed by atoms with E-state index in [1.807, 2.05) is 0 Å². The topological polar surface area (TPSA) is 36.9 Å². The molecule has 2 bridgehead atoms. The molecule has 0 aromatic heterocycles. The Labute approximate surface area is 239 Å². The number of halogens is 7. The van der Waals surface area contributed by atoms with E-state index in [1.165, 1.54) is 38.0 Å². The number of ether oxygens (including phenoxy) is 4. The van der Waals surface area contributed by atoms with E-state index < -0.39 is 46.6 Å². The zero-order valence-corrected chi connectivity index (χ0v) is 23.2. The molecule has 42 heavy (non-hydrogen) atoms. The fourth-order valence-corrected chi connectivity index (χ4v) is 6.33. The van der Waals surface area contributed by atoms with Gasteiger partial charge in [0.1, 0.15) is 17.4 Å². The van der Waals surface area contributed by atoms with Gasteiger partial charge in [-0.15, -0.1) is 0 Å². The molecule has 2 aromatic rings. The molecule has 4 aliphatic rings. The first-order valence-corrected chi connectivity index (χ1v) is 14.4. The van der Waals surface area contributed by atoms with Gasteiger partial charge in [-0.2, -0.15) is 22.0 Å². The van der Waals surface area contributed by atoms with E-state index in [0.29, 0.717) is 12.0 Å². The minimum Gasteiger partial charge on any atom is -0.426 e. The molecule has 4 fully saturated rings. The summed E-state index contributed by atoms with van der Waals surface area (Å²) in [6.07, 6.45) is 1.17. The van der Waals surface area contributed by atoms with Crippen LogP contribution in [0, 0.1) is 40.7 Å².